The predicted octanol–water partition coefficient (Wildman–Crippen LogP) is 4.71. The van der Waals surface area contributed by atoms with E-state index in [-0.39, 0.29) is 0 Å². The molecule has 0 saturated heterocycles. The second-order valence-electron chi connectivity index (χ2n) is 3.99. The molecule has 2 N–H and O–H groups in total. The number of nitrogens with zero attached hydrogens (tertiary/aromatic N) is 1. The van der Waals surface area contributed by atoms with Gasteiger partial charge in [0.15, 0.2) is 0 Å². The molecule has 0 aliphatic carbocycles. The molecule has 1 aromatic heterocycles. The predicted molar refractivity (Wildman–Crippen MR) is 79.6 cm³/mol. The Morgan fingerprint density at radius 3 is 2.61 bits per heavy atom. The molecule has 0 aliphatic heterocycles. The maximum Gasteiger partial charge on any atom is 0.0835 e. The van der Waals surface area contributed by atoms with E-state index < -0.39 is 0 Å². The second kappa shape index (κ2) is 5.51. The average molecular weight is 349 g/mol. The quantitative estimate of drug-likeness (QED) is 0.788. The van der Waals surface area contributed by atoms with Crippen LogP contribution in [0.4, 0.5) is 5.69 Å². The number of aromatic amines is 1. The highest BCUT2D eigenvalue weighted by Gasteiger charge is 2.10. The monoisotopic (exact) mass is 347 g/mol. The summed E-state index contributed by atoms with van der Waals surface area (Å²) in [6.45, 7) is 4.62. The number of aryl methyl sites for hydroxylation is 2. The van der Waals surface area contributed by atoms with Crippen molar-refractivity contribution in [3.63, 3.8) is 0 Å². The Morgan fingerprint density at radius 1 is 1.28 bits per heavy atom. The van der Waals surface area contributed by atoms with Gasteiger partial charge in [0, 0.05) is 22.3 Å². The molecule has 0 bridgehead atoms. The van der Waals surface area contributed by atoms with Gasteiger partial charge in [0.1, 0.15) is 0 Å². The van der Waals surface area contributed by atoms with Crippen LogP contribution < -0.4 is 5.32 Å². The maximum absolute atomic E-state index is 6.17. The van der Waals surface area contributed by atoms with Crippen LogP contribution in [-0.4, -0.2) is 10.2 Å². The fraction of sp³-hybridized carbons (Fsp3) is 0.250. The molecule has 0 fully saturated rings. The van der Waals surface area contributed by atoms with E-state index >= 15 is 0 Å². The Bertz CT molecular complexity index is 561. The summed E-state index contributed by atoms with van der Waals surface area (Å²) in [5, 5.41) is 11.4. The van der Waals surface area contributed by atoms with Gasteiger partial charge in [0.2, 0.25) is 0 Å². The lowest BCUT2D eigenvalue weighted by Gasteiger charge is -2.10. The molecule has 2 aromatic rings. The third-order valence-electron chi connectivity index (χ3n) is 2.77. The molecule has 0 atom stereocenters. The van der Waals surface area contributed by atoms with Crippen LogP contribution in [0.2, 0.25) is 10.0 Å². The highest BCUT2D eigenvalue weighted by molar-refractivity contribution is 9.10. The minimum Gasteiger partial charge on any atom is -0.380 e. The standard InChI is InChI=1S/C12H12BrCl2N3/c1-6-8(7(2)18-17-6)5-16-10-4-3-9(13)11(14)12(10)15/h3-4,16H,5H2,1-2H3,(H,17,18). The smallest absolute Gasteiger partial charge is 0.0835 e. The molecule has 0 saturated carbocycles. The zero-order chi connectivity index (χ0) is 13.3. The number of rotatable bonds is 3. The molecule has 3 nitrogen and oxygen atoms in total. The van der Waals surface area contributed by atoms with E-state index in [2.05, 4.69) is 31.4 Å². The van der Waals surface area contributed by atoms with Crippen molar-refractivity contribution in [2.75, 3.05) is 5.32 Å². The van der Waals surface area contributed by atoms with E-state index in [4.69, 9.17) is 23.2 Å². The molecule has 0 radical (unpaired) electrons. The van der Waals surface area contributed by atoms with Crippen molar-refractivity contribution in [2.24, 2.45) is 0 Å². The zero-order valence-electron chi connectivity index (χ0n) is 9.94. The summed E-state index contributed by atoms with van der Waals surface area (Å²) in [7, 11) is 0. The summed E-state index contributed by atoms with van der Waals surface area (Å²) in [4.78, 5) is 0. The number of hydrogen-bond acceptors (Lipinski definition) is 2. The van der Waals surface area contributed by atoms with Crippen LogP contribution in [0.25, 0.3) is 0 Å². The van der Waals surface area contributed by atoms with Gasteiger partial charge in [-0.25, -0.2) is 0 Å². The van der Waals surface area contributed by atoms with Crippen LogP contribution in [0.5, 0.6) is 0 Å². The summed E-state index contributed by atoms with van der Waals surface area (Å²) in [6, 6.07) is 3.76. The molecule has 0 unspecified atom stereocenters. The number of halogens is 3. The van der Waals surface area contributed by atoms with Gasteiger partial charge in [-0.3, -0.25) is 5.10 Å². The first-order chi connectivity index (χ1) is 8.50. The highest BCUT2D eigenvalue weighted by Crippen LogP contribution is 2.36. The Kier molecular flexibility index (Phi) is 4.20. The lowest BCUT2D eigenvalue weighted by Crippen LogP contribution is -2.02. The van der Waals surface area contributed by atoms with Crippen LogP contribution in [0, 0.1) is 13.8 Å². The van der Waals surface area contributed by atoms with Crippen LogP contribution >= 0.6 is 39.1 Å². The molecular formula is C12H12BrCl2N3. The Labute approximate surface area is 124 Å². The molecule has 6 heteroatoms. The summed E-state index contributed by atoms with van der Waals surface area (Å²) >= 11 is 15.6. The minimum atomic E-state index is 0.516. The summed E-state index contributed by atoms with van der Waals surface area (Å²) < 4.78 is 0.787. The topological polar surface area (TPSA) is 40.7 Å². The van der Waals surface area contributed by atoms with Crippen molar-refractivity contribution in [3.8, 4) is 0 Å². The number of hydrogen-bond donors (Lipinski definition) is 2. The summed E-state index contributed by atoms with van der Waals surface area (Å²) in [6.07, 6.45) is 0. The van der Waals surface area contributed by atoms with Crippen molar-refractivity contribution < 1.29 is 0 Å². The molecule has 96 valence electrons. The first-order valence-corrected chi connectivity index (χ1v) is 6.93. The van der Waals surface area contributed by atoms with Gasteiger partial charge in [-0.05, 0) is 41.9 Å². The number of aromatic nitrogens is 2. The fourth-order valence-corrected chi connectivity index (χ4v) is 2.52. The molecule has 2 rings (SSSR count). The van der Waals surface area contributed by atoms with E-state index in [1.165, 1.54) is 0 Å². The van der Waals surface area contributed by atoms with Crippen LogP contribution in [0.15, 0.2) is 16.6 Å². The molecule has 0 amide bonds. The molecule has 0 aliphatic rings. The second-order valence-corrected chi connectivity index (χ2v) is 5.60. The average Bonchev–Trinajstić information content (AvgIpc) is 2.66. The van der Waals surface area contributed by atoms with Gasteiger partial charge in [-0.15, -0.1) is 0 Å². The molecule has 1 aromatic carbocycles. The Hall–Kier alpha value is -0.710. The van der Waals surface area contributed by atoms with Crippen molar-refractivity contribution in [1.29, 1.82) is 0 Å². The molecule has 18 heavy (non-hydrogen) atoms. The van der Waals surface area contributed by atoms with Crippen LogP contribution in [0.1, 0.15) is 17.0 Å². The minimum absolute atomic E-state index is 0.516. The first-order valence-electron chi connectivity index (χ1n) is 5.38. The van der Waals surface area contributed by atoms with Gasteiger partial charge in [-0.2, -0.15) is 5.10 Å². The number of benzene rings is 1. The maximum atomic E-state index is 6.17. The largest absolute Gasteiger partial charge is 0.380 e. The van der Waals surface area contributed by atoms with E-state index in [1.807, 2.05) is 26.0 Å². The zero-order valence-corrected chi connectivity index (χ0v) is 13.0. The summed E-state index contributed by atoms with van der Waals surface area (Å²) in [5.41, 5.74) is 3.99. The molecule has 1 heterocycles. The lowest BCUT2D eigenvalue weighted by atomic mass is 10.2. The molecular weight excluding hydrogens is 337 g/mol. The number of nitrogens with one attached hydrogen (secondary N) is 2. The number of H-pyrrole nitrogens is 1. The van der Waals surface area contributed by atoms with Crippen molar-refractivity contribution in [2.45, 2.75) is 20.4 Å². The van der Waals surface area contributed by atoms with Gasteiger partial charge >= 0.3 is 0 Å². The van der Waals surface area contributed by atoms with Crippen LogP contribution in [-0.2, 0) is 6.54 Å². The third kappa shape index (κ3) is 2.66. The van der Waals surface area contributed by atoms with E-state index in [9.17, 15) is 0 Å². The fourth-order valence-electron chi connectivity index (χ4n) is 1.68. The first kappa shape index (κ1) is 13.7. The third-order valence-corrected chi connectivity index (χ3v) is 4.54. The van der Waals surface area contributed by atoms with E-state index in [1.54, 1.807) is 0 Å². The lowest BCUT2D eigenvalue weighted by molar-refractivity contribution is 1.02. The Balaban J connectivity index is 2.19. The van der Waals surface area contributed by atoms with Crippen LogP contribution in [0.3, 0.4) is 0 Å². The van der Waals surface area contributed by atoms with Crippen molar-refractivity contribution >= 4 is 44.8 Å². The highest BCUT2D eigenvalue weighted by atomic mass is 79.9. The molecule has 0 spiro atoms. The van der Waals surface area contributed by atoms with Gasteiger partial charge in [-0.1, -0.05) is 23.2 Å². The van der Waals surface area contributed by atoms with Gasteiger partial charge in [0.05, 0.1) is 21.4 Å². The number of anilines is 1. The van der Waals surface area contributed by atoms with E-state index in [0.717, 1.165) is 27.1 Å². The normalized spacial score (nSPS) is 10.7. The summed E-state index contributed by atoms with van der Waals surface area (Å²) in [5.74, 6) is 0. The van der Waals surface area contributed by atoms with Gasteiger partial charge < -0.3 is 5.32 Å². The van der Waals surface area contributed by atoms with Crippen molar-refractivity contribution in [1.82, 2.24) is 10.2 Å². The Morgan fingerprint density at radius 2 is 2.00 bits per heavy atom. The van der Waals surface area contributed by atoms with Gasteiger partial charge in [0.25, 0.3) is 0 Å². The SMILES string of the molecule is Cc1n[nH]c(C)c1CNc1ccc(Br)c(Cl)c1Cl. The van der Waals surface area contributed by atoms with Crippen molar-refractivity contribution in [3.05, 3.63) is 43.6 Å². The van der Waals surface area contributed by atoms with E-state index in [0.29, 0.717) is 16.6 Å².